The highest BCUT2D eigenvalue weighted by molar-refractivity contribution is 6.05. The van der Waals surface area contributed by atoms with Gasteiger partial charge in [-0.25, -0.2) is 4.79 Å². The number of benzene rings is 2. The predicted molar refractivity (Wildman–Crippen MR) is 60.3 cm³/mol. The Bertz CT molecular complexity index is 706. The smallest absolute Gasteiger partial charge is 0.336 e. The van der Waals surface area contributed by atoms with E-state index in [9.17, 15) is 4.79 Å². The Hall–Kier alpha value is -2.85. The van der Waals surface area contributed by atoms with Crippen LogP contribution in [0.5, 0.6) is 0 Å². The van der Waals surface area contributed by atoms with Crippen LogP contribution in [-0.2, 0) is 0 Å². The molecule has 0 aliphatic heterocycles. The highest BCUT2D eigenvalue weighted by atomic mass is 16.4. The third-order valence-electron chi connectivity index (χ3n) is 2.50. The summed E-state index contributed by atoms with van der Waals surface area (Å²) in [5.41, 5.74) is 0.891. The van der Waals surface area contributed by atoms with Crippen molar-refractivity contribution in [2.24, 2.45) is 0 Å². The highest BCUT2D eigenvalue weighted by Crippen LogP contribution is 2.23. The van der Waals surface area contributed by atoms with Crippen LogP contribution in [0.2, 0.25) is 0 Å². The van der Waals surface area contributed by atoms with Crippen LogP contribution in [-0.4, -0.2) is 11.1 Å². The molecule has 0 saturated heterocycles. The van der Waals surface area contributed by atoms with Gasteiger partial charge in [0.25, 0.3) is 0 Å². The molecule has 0 atom stereocenters. The average molecular weight is 222 g/mol. The van der Waals surface area contributed by atoms with Gasteiger partial charge in [0.15, 0.2) is 0 Å². The zero-order valence-corrected chi connectivity index (χ0v) is 8.64. The van der Waals surface area contributed by atoms with Crippen molar-refractivity contribution in [1.29, 1.82) is 10.5 Å². The van der Waals surface area contributed by atoms with Gasteiger partial charge in [0.2, 0.25) is 0 Å². The topological polar surface area (TPSA) is 84.9 Å². The summed E-state index contributed by atoms with van der Waals surface area (Å²) in [6, 6.07) is 11.4. The van der Waals surface area contributed by atoms with E-state index >= 15 is 0 Å². The summed E-state index contributed by atoms with van der Waals surface area (Å²) in [6.45, 7) is 0. The van der Waals surface area contributed by atoms with Crippen molar-refractivity contribution < 1.29 is 9.90 Å². The van der Waals surface area contributed by atoms with Gasteiger partial charge < -0.3 is 5.11 Å². The maximum atomic E-state index is 11.0. The molecule has 2 rings (SSSR count). The van der Waals surface area contributed by atoms with E-state index in [4.69, 9.17) is 15.6 Å². The Labute approximate surface area is 96.9 Å². The number of carboxylic acids is 1. The molecule has 17 heavy (non-hydrogen) atoms. The summed E-state index contributed by atoms with van der Waals surface area (Å²) in [5, 5.41) is 27.7. The minimum Gasteiger partial charge on any atom is -0.478 e. The molecule has 0 saturated carbocycles. The molecule has 0 amide bonds. The van der Waals surface area contributed by atoms with E-state index in [1.807, 2.05) is 12.1 Å². The van der Waals surface area contributed by atoms with E-state index < -0.39 is 5.97 Å². The maximum Gasteiger partial charge on any atom is 0.336 e. The van der Waals surface area contributed by atoms with Crippen LogP contribution < -0.4 is 0 Å². The molecule has 0 unspecified atom stereocenters. The summed E-state index contributed by atoms with van der Waals surface area (Å²) in [5.74, 6) is -1.05. The number of carboxylic acid groups (broad SMARTS) is 1. The van der Waals surface area contributed by atoms with Crippen molar-refractivity contribution in [3.63, 3.8) is 0 Å². The summed E-state index contributed by atoms with van der Waals surface area (Å²) < 4.78 is 0. The van der Waals surface area contributed by atoms with Gasteiger partial charge in [-0.3, -0.25) is 0 Å². The Morgan fingerprint density at radius 1 is 1.06 bits per heavy atom. The fourth-order valence-corrected chi connectivity index (χ4v) is 1.70. The van der Waals surface area contributed by atoms with E-state index in [0.717, 1.165) is 0 Å². The molecule has 0 aromatic heterocycles. The van der Waals surface area contributed by atoms with Crippen LogP contribution in [0.15, 0.2) is 30.3 Å². The van der Waals surface area contributed by atoms with Gasteiger partial charge in [0, 0.05) is 5.39 Å². The lowest BCUT2D eigenvalue weighted by molar-refractivity contribution is 0.0699. The van der Waals surface area contributed by atoms with Gasteiger partial charge in [-0.1, -0.05) is 6.07 Å². The average Bonchev–Trinajstić information content (AvgIpc) is 2.36. The van der Waals surface area contributed by atoms with Crippen molar-refractivity contribution in [2.45, 2.75) is 0 Å². The molecule has 0 heterocycles. The van der Waals surface area contributed by atoms with E-state index in [2.05, 4.69) is 0 Å². The number of hydrogen-bond acceptors (Lipinski definition) is 3. The van der Waals surface area contributed by atoms with Crippen molar-refractivity contribution in [3.8, 4) is 12.1 Å². The zero-order chi connectivity index (χ0) is 12.4. The molecular weight excluding hydrogens is 216 g/mol. The minimum absolute atomic E-state index is 0.128. The molecular formula is C13H6N2O2. The number of aromatic carboxylic acids is 1. The molecule has 0 fully saturated rings. The molecule has 2 aromatic carbocycles. The monoisotopic (exact) mass is 222 g/mol. The van der Waals surface area contributed by atoms with E-state index in [0.29, 0.717) is 21.9 Å². The molecule has 0 spiro atoms. The minimum atomic E-state index is -1.05. The summed E-state index contributed by atoms with van der Waals surface area (Å²) in [7, 11) is 0. The molecule has 2 aromatic rings. The molecule has 0 radical (unpaired) electrons. The number of fused-ring (bicyclic) bond motifs is 1. The van der Waals surface area contributed by atoms with E-state index in [-0.39, 0.29) is 5.56 Å². The molecule has 4 nitrogen and oxygen atoms in total. The lowest BCUT2D eigenvalue weighted by atomic mass is 9.98. The fourth-order valence-electron chi connectivity index (χ4n) is 1.70. The lowest BCUT2D eigenvalue weighted by Crippen LogP contribution is -1.98. The highest BCUT2D eigenvalue weighted by Gasteiger charge is 2.11. The second-order valence-corrected chi connectivity index (χ2v) is 3.45. The molecule has 4 heteroatoms. The first-order valence-electron chi connectivity index (χ1n) is 4.77. The fraction of sp³-hybridized carbons (Fsp3) is 0. The normalized spacial score (nSPS) is 9.53. The summed E-state index contributed by atoms with van der Waals surface area (Å²) in [4.78, 5) is 11.0. The maximum absolute atomic E-state index is 11.0. The van der Waals surface area contributed by atoms with Crippen molar-refractivity contribution in [1.82, 2.24) is 0 Å². The largest absolute Gasteiger partial charge is 0.478 e. The van der Waals surface area contributed by atoms with Crippen LogP contribution in [0.3, 0.4) is 0 Å². The molecule has 0 aliphatic rings. The number of rotatable bonds is 1. The summed E-state index contributed by atoms with van der Waals surface area (Å²) >= 11 is 0. The number of nitrogens with zero attached hydrogens (tertiary/aromatic N) is 2. The third-order valence-corrected chi connectivity index (χ3v) is 2.50. The Morgan fingerprint density at radius 2 is 1.82 bits per heavy atom. The van der Waals surface area contributed by atoms with Gasteiger partial charge in [-0.15, -0.1) is 0 Å². The quantitative estimate of drug-likeness (QED) is 0.802. The van der Waals surface area contributed by atoms with E-state index in [1.54, 1.807) is 6.07 Å². The lowest BCUT2D eigenvalue weighted by Gasteiger charge is -2.04. The summed E-state index contributed by atoms with van der Waals surface area (Å²) in [6.07, 6.45) is 0. The molecule has 1 N–H and O–H groups in total. The Kier molecular flexibility index (Phi) is 2.48. The Morgan fingerprint density at radius 3 is 2.41 bits per heavy atom. The SMILES string of the molecule is N#Cc1ccc2c(C(=O)O)ccc(C#N)c2c1. The van der Waals surface area contributed by atoms with Gasteiger partial charge in [-0.05, 0) is 29.7 Å². The molecule has 80 valence electrons. The predicted octanol–water partition coefficient (Wildman–Crippen LogP) is 2.28. The van der Waals surface area contributed by atoms with Crippen LogP contribution >= 0.6 is 0 Å². The van der Waals surface area contributed by atoms with Crippen molar-refractivity contribution in [2.75, 3.05) is 0 Å². The van der Waals surface area contributed by atoms with E-state index in [1.165, 1.54) is 24.3 Å². The second kappa shape index (κ2) is 3.96. The standard InChI is InChI=1S/C13H6N2O2/c14-6-8-1-3-10-11(13(16)17)4-2-9(7-15)12(10)5-8/h1-5H,(H,16,17). The number of carbonyl (C=O) groups is 1. The second-order valence-electron chi connectivity index (χ2n) is 3.45. The molecule has 0 aliphatic carbocycles. The first-order valence-corrected chi connectivity index (χ1v) is 4.77. The first kappa shape index (κ1) is 10.7. The van der Waals surface area contributed by atoms with Gasteiger partial charge in [0.1, 0.15) is 0 Å². The molecule has 0 bridgehead atoms. The van der Waals surface area contributed by atoms with Gasteiger partial charge in [-0.2, -0.15) is 10.5 Å². The number of nitriles is 2. The Balaban J connectivity index is 2.92. The first-order chi connectivity index (χ1) is 8.17. The van der Waals surface area contributed by atoms with Crippen molar-refractivity contribution >= 4 is 16.7 Å². The van der Waals surface area contributed by atoms with Crippen molar-refractivity contribution in [3.05, 3.63) is 47.0 Å². The number of hydrogen-bond donors (Lipinski definition) is 1. The van der Waals surface area contributed by atoms with Crippen LogP contribution in [0.25, 0.3) is 10.8 Å². The third kappa shape index (κ3) is 1.68. The van der Waals surface area contributed by atoms with Gasteiger partial charge >= 0.3 is 5.97 Å². The van der Waals surface area contributed by atoms with Gasteiger partial charge in [0.05, 0.1) is 28.8 Å². The van der Waals surface area contributed by atoms with Crippen LogP contribution in [0.4, 0.5) is 0 Å². The van der Waals surface area contributed by atoms with Crippen LogP contribution in [0.1, 0.15) is 21.5 Å². The zero-order valence-electron chi connectivity index (χ0n) is 8.64. The van der Waals surface area contributed by atoms with Crippen LogP contribution in [0, 0.1) is 22.7 Å².